The highest BCUT2D eigenvalue weighted by Gasteiger charge is 2.58. The zero-order chi connectivity index (χ0) is 13.6. The lowest BCUT2D eigenvalue weighted by molar-refractivity contribution is -0.137. The molecule has 3 fully saturated rings. The van der Waals surface area contributed by atoms with Crippen LogP contribution in [0.1, 0.15) is 33.1 Å². The quantitative estimate of drug-likeness (QED) is 0.766. The Morgan fingerprint density at radius 3 is 2.32 bits per heavy atom. The lowest BCUT2D eigenvalue weighted by atomic mass is 9.91. The van der Waals surface area contributed by atoms with Gasteiger partial charge in [-0.3, -0.25) is 9.69 Å². The highest BCUT2D eigenvalue weighted by Crippen LogP contribution is 2.59. The van der Waals surface area contributed by atoms with Gasteiger partial charge < -0.3 is 10.2 Å². The molecule has 3 aliphatic rings. The molecule has 1 amide bonds. The molecular weight excluding hydrogens is 238 g/mol. The average Bonchev–Trinajstić information content (AvgIpc) is 3.09. The van der Waals surface area contributed by atoms with Crippen molar-refractivity contribution in [1.29, 1.82) is 0 Å². The topological polar surface area (TPSA) is 35.6 Å². The summed E-state index contributed by atoms with van der Waals surface area (Å²) in [6, 6.07) is 0.964. The molecule has 2 aliphatic heterocycles. The number of carbonyl (C=O) groups is 1. The first-order chi connectivity index (χ1) is 9.03. The minimum absolute atomic E-state index is 0.331. The number of hydrogen-bond donors (Lipinski definition) is 1. The van der Waals surface area contributed by atoms with Gasteiger partial charge in [0.05, 0.1) is 0 Å². The molecule has 3 atom stereocenters. The lowest BCUT2D eigenvalue weighted by Crippen LogP contribution is -2.57. The normalized spacial score (nSPS) is 38.5. The molecule has 3 rings (SSSR count). The van der Waals surface area contributed by atoms with E-state index in [0.29, 0.717) is 29.3 Å². The Morgan fingerprint density at radius 2 is 1.74 bits per heavy atom. The molecule has 4 heteroatoms. The molecule has 2 saturated heterocycles. The maximum absolute atomic E-state index is 12.7. The highest BCUT2D eigenvalue weighted by atomic mass is 16.2. The van der Waals surface area contributed by atoms with Gasteiger partial charge in [0.1, 0.15) is 0 Å². The fraction of sp³-hybridized carbons (Fsp3) is 0.933. The van der Waals surface area contributed by atoms with E-state index in [9.17, 15) is 4.79 Å². The Balaban J connectivity index is 1.62. The van der Waals surface area contributed by atoms with Crippen molar-refractivity contribution < 1.29 is 4.79 Å². The first-order valence-corrected chi connectivity index (χ1v) is 7.75. The maximum atomic E-state index is 12.7. The number of carbonyl (C=O) groups excluding carboxylic acids is 1. The summed E-state index contributed by atoms with van der Waals surface area (Å²) in [6.45, 7) is 8.46. The van der Waals surface area contributed by atoms with Crippen LogP contribution in [0.3, 0.4) is 0 Å². The van der Waals surface area contributed by atoms with E-state index in [1.54, 1.807) is 0 Å². The van der Waals surface area contributed by atoms with Gasteiger partial charge in [-0.2, -0.15) is 0 Å². The number of nitrogens with zero attached hydrogens (tertiary/aromatic N) is 2. The highest BCUT2D eigenvalue weighted by molar-refractivity contribution is 5.83. The number of rotatable bonds is 1. The monoisotopic (exact) mass is 265 g/mol. The molecule has 0 aromatic carbocycles. The minimum Gasteiger partial charge on any atom is -0.339 e. The summed E-state index contributed by atoms with van der Waals surface area (Å²) in [5.74, 6) is 0.770. The Hall–Kier alpha value is -0.610. The standard InChI is InChI=1S/C15H27N3O/c1-11-9-18(10-12(2)17(11)3)14(19)13-8-15(13)4-6-16-7-5-15/h11-13,16H,4-10H2,1-3H3. The van der Waals surface area contributed by atoms with E-state index in [0.717, 1.165) is 32.6 Å². The molecule has 1 spiro atoms. The molecular formula is C15H27N3O. The van der Waals surface area contributed by atoms with Crippen LogP contribution in [0, 0.1) is 11.3 Å². The first-order valence-electron chi connectivity index (χ1n) is 7.75. The van der Waals surface area contributed by atoms with Crippen molar-refractivity contribution in [2.45, 2.75) is 45.2 Å². The predicted molar refractivity (Wildman–Crippen MR) is 75.9 cm³/mol. The van der Waals surface area contributed by atoms with Gasteiger partial charge in [-0.05, 0) is 58.7 Å². The second-order valence-electron chi connectivity index (χ2n) is 6.98. The van der Waals surface area contributed by atoms with Gasteiger partial charge in [0, 0.05) is 31.1 Å². The van der Waals surface area contributed by atoms with E-state index >= 15 is 0 Å². The summed E-state index contributed by atoms with van der Waals surface area (Å²) in [5.41, 5.74) is 0.373. The van der Waals surface area contributed by atoms with Gasteiger partial charge in [0.2, 0.25) is 5.91 Å². The average molecular weight is 265 g/mol. The molecule has 1 aliphatic carbocycles. The molecule has 19 heavy (non-hydrogen) atoms. The Bertz CT molecular complexity index is 352. The van der Waals surface area contributed by atoms with Crippen LogP contribution in [0.15, 0.2) is 0 Å². The Kier molecular flexibility index (Phi) is 3.34. The SMILES string of the molecule is CC1CN(C(=O)C2CC23CCNCC3)CC(C)N1C. The van der Waals surface area contributed by atoms with Crippen LogP contribution >= 0.6 is 0 Å². The van der Waals surface area contributed by atoms with E-state index in [1.807, 2.05) is 0 Å². The van der Waals surface area contributed by atoms with Crippen LogP contribution in [0.5, 0.6) is 0 Å². The van der Waals surface area contributed by atoms with Gasteiger partial charge in [-0.1, -0.05) is 0 Å². The van der Waals surface area contributed by atoms with Gasteiger partial charge in [0.15, 0.2) is 0 Å². The minimum atomic E-state index is 0.331. The lowest BCUT2D eigenvalue weighted by Gasteiger charge is -2.42. The Morgan fingerprint density at radius 1 is 1.16 bits per heavy atom. The zero-order valence-electron chi connectivity index (χ0n) is 12.5. The summed E-state index contributed by atoms with van der Waals surface area (Å²) < 4.78 is 0. The van der Waals surface area contributed by atoms with Crippen molar-refractivity contribution in [3.05, 3.63) is 0 Å². The number of piperidine rings is 1. The smallest absolute Gasteiger partial charge is 0.226 e. The fourth-order valence-electron chi connectivity index (χ4n) is 3.98. The summed E-state index contributed by atoms with van der Waals surface area (Å²) >= 11 is 0. The van der Waals surface area contributed by atoms with Crippen molar-refractivity contribution in [3.63, 3.8) is 0 Å². The molecule has 4 nitrogen and oxygen atoms in total. The van der Waals surface area contributed by atoms with Gasteiger partial charge in [0.25, 0.3) is 0 Å². The summed E-state index contributed by atoms with van der Waals surface area (Å²) in [5, 5.41) is 3.41. The molecule has 2 heterocycles. The van der Waals surface area contributed by atoms with E-state index in [1.165, 1.54) is 12.8 Å². The third kappa shape index (κ3) is 2.29. The van der Waals surface area contributed by atoms with Crippen molar-refractivity contribution in [1.82, 2.24) is 15.1 Å². The largest absolute Gasteiger partial charge is 0.339 e. The molecule has 0 radical (unpaired) electrons. The second-order valence-corrected chi connectivity index (χ2v) is 6.98. The second kappa shape index (κ2) is 4.74. The van der Waals surface area contributed by atoms with E-state index in [4.69, 9.17) is 0 Å². The number of nitrogens with one attached hydrogen (secondary N) is 1. The van der Waals surface area contributed by atoms with Crippen LogP contribution in [-0.4, -0.2) is 61.0 Å². The van der Waals surface area contributed by atoms with E-state index in [-0.39, 0.29) is 0 Å². The fourth-order valence-corrected chi connectivity index (χ4v) is 3.98. The summed E-state index contributed by atoms with van der Waals surface area (Å²) in [7, 11) is 2.17. The summed E-state index contributed by atoms with van der Waals surface area (Å²) in [6.07, 6.45) is 3.53. The van der Waals surface area contributed by atoms with Gasteiger partial charge in [-0.25, -0.2) is 0 Å². The molecule has 0 bridgehead atoms. The third-order valence-corrected chi connectivity index (χ3v) is 5.76. The van der Waals surface area contributed by atoms with Crippen LogP contribution in [0.25, 0.3) is 0 Å². The van der Waals surface area contributed by atoms with Crippen LogP contribution < -0.4 is 5.32 Å². The zero-order valence-corrected chi connectivity index (χ0v) is 12.5. The van der Waals surface area contributed by atoms with Crippen LogP contribution in [0.2, 0.25) is 0 Å². The molecule has 108 valence electrons. The predicted octanol–water partition coefficient (Wildman–Crippen LogP) is 0.927. The molecule has 1 saturated carbocycles. The number of amides is 1. The number of piperazine rings is 1. The molecule has 1 N–H and O–H groups in total. The van der Waals surface area contributed by atoms with Gasteiger partial charge in [-0.15, -0.1) is 0 Å². The Labute approximate surface area is 116 Å². The number of likely N-dealkylation sites (N-methyl/N-ethyl adjacent to an activating group) is 1. The number of hydrogen-bond acceptors (Lipinski definition) is 3. The maximum Gasteiger partial charge on any atom is 0.226 e. The van der Waals surface area contributed by atoms with Crippen molar-refractivity contribution >= 4 is 5.91 Å². The molecule has 0 aromatic rings. The molecule has 3 unspecified atom stereocenters. The van der Waals surface area contributed by atoms with Crippen molar-refractivity contribution in [3.8, 4) is 0 Å². The van der Waals surface area contributed by atoms with Crippen molar-refractivity contribution in [2.24, 2.45) is 11.3 Å². The van der Waals surface area contributed by atoms with Crippen LogP contribution in [-0.2, 0) is 4.79 Å². The van der Waals surface area contributed by atoms with Crippen molar-refractivity contribution in [2.75, 3.05) is 33.2 Å². The summed E-state index contributed by atoms with van der Waals surface area (Å²) in [4.78, 5) is 17.2. The third-order valence-electron chi connectivity index (χ3n) is 5.76. The van der Waals surface area contributed by atoms with E-state index in [2.05, 4.69) is 36.0 Å². The molecule has 0 aromatic heterocycles. The first kappa shape index (κ1) is 13.4. The van der Waals surface area contributed by atoms with Crippen LogP contribution in [0.4, 0.5) is 0 Å². The van der Waals surface area contributed by atoms with E-state index < -0.39 is 0 Å². The van der Waals surface area contributed by atoms with Gasteiger partial charge >= 0.3 is 0 Å².